The summed E-state index contributed by atoms with van der Waals surface area (Å²) in [6.45, 7) is 2.59. The van der Waals surface area contributed by atoms with E-state index in [1.165, 1.54) is 24.7 Å². The summed E-state index contributed by atoms with van der Waals surface area (Å²) < 4.78 is 22.2. The number of hydrogen-bond donors (Lipinski definition) is 1. The minimum atomic E-state index is -0.348. The van der Waals surface area contributed by atoms with E-state index >= 15 is 0 Å². The van der Waals surface area contributed by atoms with Gasteiger partial charge >= 0.3 is 0 Å². The quantitative estimate of drug-likeness (QED) is 0.904. The highest BCUT2D eigenvalue weighted by molar-refractivity contribution is 7.03. The van der Waals surface area contributed by atoms with Crippen LogP contribution in [0.5, 0.6) is 5.75 Å². The van der Waals surface area contributed by atoms with Gasteiger partial charge in [-0.15, -0.1) is 5.10 Å². The number of aromatic nitrogens is 2. The summed E-state index contributed by atoms with van der Waals surface area (Å²) in [6.07, 6.45) is 0. The van der Waals surface area contributed by atoms with Gasteiger partial charge in [-0.25, -0.2) is 4.39 Å². The van der Waals surface area contributed by atoms with Gasteiger partial charge in [-0.3, -0.25) is 0 Å². The monoisotopic (exact) mass is 267 g/mol. The maximum absolute atomic E-state index is 13.6. The van der Waals surface area contributed by atoms with Crippen molar-refractivity contribution in [1.82, 2.24) is 14.9 Å². The summed E-state index contributed by atoms with van der Waals surface area (Å²) in [4.78, 5) is 0. The molecule has 0 aliphatic heterocycles. The van der Waals surface area contributed by atoms with Gasteiger partial charge in [0.1, 0.15) is 0 Å². The lowest BCUT2D eigenvalue weighted by atomic mass is 10.1. The zero-order valence-electron chi connectivity index (χ0n) is 10.2. The smallest absolute Gasteiger partial charge is 0.165 e. The highest BCUT2D eigenvalue weighted by atomic mass is 32.1. The summed E-state index contributed by atoms with van der Waals surface area (Å²) >= 11 is 1.32. The van der Waals surface area contributed by atoms with Gasteiger partial charge in [0.2, 0.25) is 0 Å². The fraction of sp³-hybridized carbons (Fsp3) is 0.333. The summed E-state index contributed by atoms with van der Waals surface area (Å²) in [5, 5.41) is 9.08. The van der Waals surface area contributed by atoms with E-state index in [1.807, 2.05) is 18.4 Å². The molecule has 2 rings (SSSR count). The van der Waals surface area contributed by atoms with E-state index in [0.717, 1.165) is 11.3 Å². The van der Waals surface area contributed by atoms with Gasteiger partial charge in [-0.1, -0.05) is 10.6 Å². The molecule has 1 unspecified atom stereocenters. The molecule has 0 fully saturated rings. The largest absolute Gasteiger partial charge is 0.494 e. The van der Waals surface area contributed by atoms with Crippen molar-refractivity contribution in [2.45, 2.75) is 19.5 Å². The van der Waals surface area contributed by atoms with Crippen LogP contribution < -0.4 is 10.1 Å². The number of halogens is 1. The molecule has 0 bridgehead atoms. The van der Waals surface area contributed by atoms with Crippen LogP contribution in [0.15, 0.2) is 23.6 Å². The lowest BCUT2D eigenvalue weighted by Crippen LogP contribution is -2.18. The molecule has 1 N–H and O–H groups in total. The molecule has 0 radical (unpaired) electrons. The molecule has 0 spiro atoms. The van der Waals surface area contributed by atoms with Crippen LogP contribution >= 0.6 is 11.5 Å². The maximum atomic E-state index is 13.6. The fourth-order valence-corrected chi connectivity index (χ4v) is 2.04. The number of nitrogens with one attached hydrogen (secondary N) is 1. The number of nitrogens with zero attached hydrogens (tertiary/aromatic N) is 2. The van der Waals surface area contributed by atoms with E-state index in [0.29, 0.717) is 6.54 Å². The van der Waals surface area contributed by atoms with Crippen molar-refractivity contribution in [2.24, 2.45) is 0 Å². The van der Waals surface area contributed by atoms with Gasteiger partial charge in [-0.2, -0.15) is 0 Å². The Morgan fingerprint density at radius 1 is 1.50 bits per heavy atom. The first-order valence-electron chi connectivity index (χ1n) is 5.53. The Hall–Kier alpha value is -1.53. The Labute approximate surface area is 109 Å². The van der Waals surface area contributed by atoms with Crippen LogP contribution in [0.3, 0.4) is 0 Å². The first-order chi connectivity index (χ1) is 8.70. The van der Waals surface area contributed by atoms with Gasteiger partial charge in [0.25, 0.3) is 0 Å². The number of methoxy groups -OCH3 is 1. The van der Waals surface area contributed by atoms with Crippen LogP contribution in [-0.2, 0) is 6.54 Å². The number of benzene rings is 1. The first kappa shape index (κ1) is 12.9. The van der Waals surface area contributed by atoms with Crippen LogP contribution in [0.25, 0.3) is 0 Å². The van der Waals surface area contributed by atoms with E-state index in [9.17, 15) is 4.39 Å². The van der Waals surface area contributed by atoms with Crippen LogP contribution in [0.1, 0.15) is 24.2 Å². The third kappa shape index (κ3) is 3.02. The Morgan fingerprint density at radius 2 is 2.33 bits per heavy atom. The average Bonchev–Trinajstić information content (AvgIpc) is 2.89. The molecule has 1 atom stereocenters. The first-order valence-corrected chi connectivity index (χ1v) is 6.37. The maximum Gasteiger partial charge on any atom is 0.165 e. The minimum absolute atomic E-state index is 0.0344. The molecule has 0 aliphatic carbocycles. The summed E-state index contributed by atoms with van der Waals surface area (Å²) in [6, 6.07) is 4.99. The lowest BCUT2D eigenvalue weighted by molar-refractivity contribution is 0.385. The topological polar surface area (TPSA) is 47.0 Å². The van der Waals surface area contributed by atoms with Crippen molar-refractivity contribution in [3.8, 4) is 5.75 Å². The SMILES string of the molecule is COc1ccc(C(C)NCc2csnn2)cc1F. The second-order valence-electron chi connectivity index (χ2n) is 3.89. The highest BCUT2D eigenvalue weighted by Crippen LogP contribution is 2.21. The molecule has 0 saturated heterocycles. The van der Waals surface area contributed by atoms with E-state index in [2.05, 4.69) is 14.9 Å². The van der Waals surface area contributed by atoms with Crippen molar-refractivity contribution in [3.05, 3.63) is 40.7 Å². The molecular weight excluding hydrogens is 253 g/mol. The lowest BCUT2D eigenvalue weighted by Gasteiger charge is -2.14. The van der Waals surface area contributed by atoms with Crippen molar-refractivity contribution in [1.29, 1.82) is 0 Å². The molecular formula is C12H14FN3OS. The number of rotatable bonds is 5. The van der Waals surface area contributed by atoms with E-state index < -0.39 is 0 Å². The number of hydrogen-bond acceptors (Lipinski definition) is 5. The third-order valence-corrected chi connectivity index (χ3v) is 3.22. The molecule has 6 heteroatoms. The molecule has 4 nitrogen and oxygen atoms in total. The summed E-state index contributed by atoms with van der Waals surface area (Å²) in [5.74, 6) is -0.0892. The third-order valence-electron chi connectivity index (χ3n) is 2.67. The van der Waals surface area contributed by atoms with Crippen LogP contribution in [-0.4, -0.2) is 16.7 Å². The Kier molecular flexibility index (Phi) is 4.22. The van der Waals surface area contributed by atoms with Crippen LogP contribution in [0.4, 0.5) is 4.39 Å². The van der Waals surface area contributed by atoms with Crippen molar-refractivity contribution in [3.63, 3.8) is 0 Å². The standard InChI is InChI=1S/C12H14FN3OS/c1-8(14-6-10-7-18-16-15-10)9-3-4-12(17-2)11(13)5-9/h3-5,7-8,14H,6H2,1-2H3. The zero-order valence-corrected chi connectivity index (χ0v) is 11.0. The van der Waals surface area contributed by atoms with Crippen LogP contribution in [0, 0.1) is 5.82 Å². The Balaban J connectivity index is 2.00. The highest BCUT2D eigenvalue weighted by Gasteiger charge is 2.09. The summed E-state index contributed by atoms with van der Waals surface area (Å²) in [5.41, 5.74) is 1.76. The average molecular weight is 267 g/mol. The fourth-order valence-electron chi connectivity index (χ4n) is 1.59. The minimum Gasteiger partial charge on any atom is -0.494 e. The second-order valence-corrected chi connectivity index (χ2v) is 4.50. The van der Waals surface area contributed by atoms with E-state index in [-0.39, 0.29) is 17.6 Å². The van der Waals surface area contributed by atoms with Crippen molar-refractivity contribution >= 4 is 11.5 Å². The van der Waals surface area contributed by atoms with E-state index in [4.69, 9.17) is 4.74 Å². The van der Waals surface area contributed by atoms with Crippen LogP contribution in [0.2, 0.25) is 0 Å². The molecule has 1 heterocycles. The van der Waals surface area contributed by atoms with Gasteiger partial charge in [0.05, 0.1) is 12.8 Å². The van der Waals surface area contributed by atoms with E-state index in [1.54, 1.807) is 6.07 Å². The molecule has 1 aromatic carbocycles. The molecule has 1 aromatic heterocycles. The molecule has 18 heavy (non-hydrogen) atoms. The molecule has 2 aromatic rings. The Bertz CT molecular complexity index is 504. The van der Waals surface area contributed by atoms with Gasteiger partial charge in [0.15, 0.2) is 11.6 Å². The summed E-state index contributed by atoms with van der Waals surface area (Å²) in [7, 11) is 1.45. The Morgan fingerprint density at radius 3 is 2.94 bits per heavy atom. The van der Waals surface area contributed by atoms with Crippen molar-refractivity contribution in [2.75, 3.05) is 7.11 Å². The van der Waals surface area contributed by atoms with Crippen molar-refractivity contribution < 1.29 is 9.13 Å². The molecule has 0 amide bonds. The molecule has 0 aliphatic rings. The molecule has 96 valence electrons. The number of ether oxygens (including phenoxy) is 1. The van der Waals surface area contributed by atoms with Gasteiger partial charge < -0.3 is 10.1 Å². The predicted octanol–water partition coefficient (Wildman–Crippen LogP) is 2.54. The van der Waals surface area contributed by atoms with Gasteiger partial charge in [0, 0.05) is 18.0 Å². The zero-order chi connectivity index (χ0) is 13.0. The normalized spacial score (nSPS) is 12.4. The predicted molar refractivity (Wildman–Crippen MR) is 68.1 cm³/mol. The second kappa shape index (κ2) is 5.88. The van der Waals surface area contributed by atoms with Gasteiger partial charge in [-0.05, 0) is 36.2 Å². The molecule has 0 saturated carbocycles.